The normalized spacial score (nSPS) is 18.4. The number of carbonyl (C=O) groups is 2. The molecule has 1 aliphatic heterocycles. The summed E-state index contributed by atoms with van der Waals surface area (Å²) >= 11 is 0. The number of nitrogens with zero attached hydrogens (tertiary/aromatic N) is 1. The van der Waals surface area contributed by atoms with Crippen LogP contribution in [-0.2, 0) is 4.79 Å². The van der Waals surface area contributed by atoms with Crippen LogP contribution in [0.25, 0.3) is 10.9 Å². The van der Waals surface area contributed by atoms with Gasteiger partial charge in [0.2, 0.25) is 0 Å². The number of aromatic amines is 1. The highest BCUT2D eigenvalue weighted by molar-refractivity contribution is 5.91. The number of nitrogens with two attached hydrogens (primary N) is 1. The largest absolute Gasteiger partial charge is 0.366 e. The Morgan fingerprint density at radius 3 is 2.95 bits per heavy atom. The number of para-hydroxylation sites is 1. The van der Waals surface area contributed by atoms with Gasteiger partial charge in [-0.3, -0.25) is 9.59 Å². The van der Waals surface area contributed by atoms with E-state index < -0.39 is 0 Å². The van der Waals surface area contributed by atoms with Gasteiger partial charge >= 0.3 is 0 Å². The smallest absolute Gasteiger partial charge is 0.286 e. The van der Waals surface area contributed by atoms with Gasteiger partial charge in [0.1, 0.15) is 11.1 Å². The van der Waals surface area contributed by atoms with Crippen molar-refractivity contribution in [1.29, 1.82) is 0 Å². The van der Waals surface area contributed by atoms with Gasteiger partial charge in [-0.15, -0.1) is 0 Å². The molecule has 3 N–H and O–H groups in total. The average Bonchev–Trinajstić information content (AvgIpc) is 2.95. The van der Waals surface area contributed by atoms with Crippen LogP contribution < -0.4 is 15.6 Å². The van der Waals surface area contributed by atoms with Crippen molar-refractivity contribution in [3.05, 3.63) is 35.9 Å². The van der Waals surface area contributed by atoms with Gasteiger partial charge in [0, 0.05) is 11.8 Å². The molecule has 0 unspecified atom stereocenters. The molecule has 0 radical (unpaired) electrons. The van der Waals surface area contributed by atoms with E-state index in [0.29, 0.717) is 11.4 Å². The van der Waals surface area contributed by atoms with Crippen molar-refractivity contribution in [2.75, 3.05) is 11.4 Å². The van der Waals surface area contributed by atoms with Gasteiger partial charge < -0.3 is 5.73 Å². The van der Waals surface area contributed by atoms with Crippen LogP contribution in [0.4, 0.5) is 5.82 Å². The first-order valence-corrected chi connectivity index (χ1v) is 6.67. The molecule has 0 bridgehead atoms. The van der Waals surface area contributed by atoms with Crippen LogP contribution in [0.1, 0.15) is 23.2 Å². The minimum Gasteiger partial charge on any atom is -0.366 e. The quantitative estimate of drug-likeness (QED) is 0.842. The first-order chi connectivity index (χ1) is 9.70. The molecule has 102 valence electrons. The molecule has 1 atom stereocenters. The highest BCUT2D eigenvalue weighted by Gasteiger charge is 2.37. The zero-order valence-electron chi connectivity index (χ0n) is 11.0. The van der Waals surface area contributed by atoms with E-state index in [2.05, 4.69) is 4.98 Å². The maximum Gasteiger partial charge on any atom is 0.286 e. The Morgan fingerprint density at radius 1 is 1.40 bits per heavy atom. The van der Waals surface area contributed by atoms with Crippen molar-refractivity contribution in [3.63, 3.8) is 0 Å². The number of rotatable bonds is 3. The maximum absolute atomic E-state index is 11.5. The molecule has 20 heavy (non-hydrogen) atoms. The first kappa shape index (κ1) is 12.6. The van der Waals surface area contributed by atoms with E-state index in [1.807, 2.05) is 35.2 Å². The van der Waals surface area contributed by atoms with Gasteiger partial charge in [-0.2, -0.15) is 0 Å². The van der Waals surface area contributed by atoms with E-state index in [4.69, 9.17) is 5.73 Å². The number of hydrogen-bond donors (Lipinski definition) is 1. The molecule has 0 spiro atoms. The Labute approximate surface area is 116 Å². The maximum atomic E-state index is 11.5. The number of benzene rings is 1. The highest BCUT2D eigenvalue weighted by Crippen LogP contribution is 2.26. The molecular weight excluding hydrogens is 254 g/mol. The van der Waals surface area contributed by atoms with Gasteiger partial charge in [0.05, 0.1) is 6.54 Å². The molecule has 1 aromatic heterocycles. The molecule has 5 nitrogen and oxygen atoms in total. The summed E-state index contributed by atoms with van der Waals surface area (Å²) in [5.74, 6) is 0.334. The third kappa shape index (κ3) is 2.01. The minimum absolute atomic E-state index is 0.342. The van der Waals surface area contributed by atoms with Crippen LogP contribution in [-0.4, -0.2) is 24.8 Å². The lowest BCUT2D eigenvalue weighted by molar-refractivity contribution is -0.330. The molecule has 2 heterocycles. The van der Waals surface area contributed by atoms with Gasteiger partial charge in [-0.1, -0.05) is 18.2 Å². The van der Waals surface area contributed by atoms with Crippen LogP contribution in [0.5, 0.6) is 0 Å². The zero-order valence-corrected chi connectivity index (χ0v) is 11.0. The van der Waals surface area contributed by atoms with Gasteiger partial charge in [-0.25, -0.2) is 9.88 Å². The molecular formula is C15H16N3O2+. The molecule has 1 aliphatic rings. The second kappa shape index (κ2) is 4.92. The first-order valence-electron chi connectivity index (χ1n) is 6.67. The number of carbonyl (C=O) groups excluding carboxylic acids is 2. The third-order valence-corrected chi connectivity index (χ3v) is 3.79. The Bertz CT molecular complexity index is 684. The number of amides is 1. The third-order valence-electron chi connectivity index (χ3n) is 3.79. The lowest BCUT2D eigenvalue weighted by Gasteiger charge is -2.17. The average molecular weight is 270 g/mol. The van der Waals surface area contributed by atoms with E-state index in [1.54, 1.807) is 0 Å². The number of aromatic nitrogens is 1. The monoisotopic (exact) mass is 270 g/mol. The molecule has 3 rings (SSSR count). The molecule has 1 saturated heterocycles. The number of nitrogens with one attached hydrogen (secondary N) is 1. The van der Waals surface area contributed by atoms with Crippen molar-refractivity contribution < 1.29 is 14.6 Å². The summed E-state index contributed by atoms with van der Waals surface area (Å²) in [6.07, 6.45) is 2.44. The summed E-state index contributed by atoms with van der Waals surface area (Å²) in [6.45, 7) is 0.725. The number of hydrogen-bond acceptors (Lipinski definition) is 3. The van der Waals surface area contributed by atoms with E-state index in [-0.39, 0.29) is 11.9 Å². The Morgan fingerprint density at radius 2 is 2.20 bits per heavy atom. The summed E-state index contributed by atoms with van der Waals surface area (Å²) in [5.41, 5.74) is 6.93. The number of fused-ring (bicyclic) bond motifs is 1. The predicted octanol–water partition coefficient (Wildman–Crippen LogP) is 0.921. The number of aldehydes is 1. The van der Waals surface area contributed by atoms with Gasteiger partial charge in [-0.05, 0) is 18.6 Å². The van der Waals surface area contributed by atoms with Crippen molar-refractivity contribution >= 4 is 28.9 Å². The van der Waals surface area contributed by atoms with Crippen LogP contribution >= 0.6 is 0 Å². The predicted molar refractivity (Wildman–Crippen MR) is 75.5 cm³/mol. The van der Waals surface area contributed by atoms with E-state index in [0.717, 1.165) is 36.6 Å². The molecule has 2 aromatic rings. The standard InChI is InChI=1S/C15H15N3O2/c16-14(20)13-6-3-7-18(13)15-11(9-19)8-10-4-1-2-5-12(10)17-15/h1-2,4-5,8-9,13H,3,6-7H2,(H2,16,20)/p+1/t13-/m1/s1. The second-order valence-corrected chi connectivity index (χ2v) is 5.03. The number of H-pyrrole nitrogens is 1. The van der Waals surface area contributed by atoms with Crippen molar-refractivity contribution in [1.82, 2.24) is 0 Å². The summed E-state index contributed by atoms with van der Waals surface area (Å²) < 4.78 is 0. The topological polar surface area (TPSA) is 77.5 Å². The fourth-order valence-electron chi connectivity index (χ4n) is 2.83. The van der Waals surface area contributed by atoms with Gasteiger partial charge in [0.15, 0.2) is 12.3 Å². The molecule has 5 heteroatoms. The van der Waals surface area contributed by atoms with Crippen LogP contribution in [0, 0.1) is 0 Å². The number of primary amides is 1. The molecule has 0 aliphatic carbocycles. The second-order valence-electron chi connectivity index (χ2n) is 5.03. The van der Waals surface area contributed by atoms with Crippen molar-refractivity contribution in [3.8, 4) is 0 Å². The number of pyridine rings is 1. The van der Waals surface area contributed by atoms with E-state index in [1.165, 1.54) is 0 Å². The summed E-state index contributed by atoms with van der Waals surface area (Å²) in [5, 5.41) is 0.966. The van der Waals surface area contributed by atoms with Crippen LogP contribution in [0.3, 0.4) is 0 Å². The molecule has 1 fully saturated rings. The highest BCUT2D eigenvalue weighted by atomic mass is 16.1. The number of anilines is 1. The minimum atomic E-state index is -0.346. The SMILES string of the molecule is NC(=O)[C@H]1CCCN1c1[nH+]c2ccccc2cc1C=O. The zero-order chi connectivity index (χ0) is 14.1. The van der Waals surface area contributed by atoms with Crippen molar-refractivity contribution in [2.45, 2.75) is 18.9 Å². The summed E-state index contributed by atoms with van der Waals surface area (Å²) in [7, 11) is 0. The lowest BCUT2D eigenvalue weighted by Crippen LogP contribution is -2.43. The molecule has 1 aromatic carbocycles. The van der Waals surface area contributed by atoms with E-state index in [9.17, 15) is 9.59 Å². The molecule has 0 saturated carbocycles. The Balaban J connectivity index is 2.14. The lowest BCUT2D eigenvalue weighted by atomic mass is 10.1. The van der Waals surface area contributed by atoms with Crippen LogP contribution in [0.15, 0.2) is 30.3 Å². The van der Waals surface area contributed by atoms with Crippen molar-refractivity contribution in [2.24, 2.45) is 5.73 Å². The fraction of sp³-hybridized carbons (Fsp3) is 0.267. The molecule has 1 amide bonds. The van der Waals surface area contributed by atoms with Gasteiger partial charge in [0.25, 0.3) is 11.7 Å². The summed E-state index contributed by atoms with van der Waals surface area (Å²) in [4.78, 5) is 28.0. The van der Waals surface area contributed by atoms with E-state index >= 15 is 0 Å². The Kier molecular flexibility index (Phi) is 3.10. The Hall–Kier alpha value is -2.43. The fourth-order valence-corrected chi connectivity index (χ4v) is 2.83. The summed E-state index contributed by atoms with van der Waals surface area (Å²) in [6, 6.07) is 9.24. The van der Waals surface area contributed by atoms with Crippen LogP contribution in [0.2, 0.25) is 0 Å².